The van der Waals surface area contributed by atoms with Crippen molar-refractivity contribution in [3.8, 4) is 0 Å². The van der Waals surface area contributed by atoms with Crippen molar-refractivity contribution in [2.75, 3.05) is 0 Å². The molecule has 1 atom stereocenters. The molecule has 0 aromatic carbocycles. The highest BCUT2D eigenvalue weighted by Crippen LogP contribution is 2.09. The van der Waals surface area contributed by atoms with E-state index in [1.165, 1.54) is 0 Å². The van der Waals surface area contributed by atoms with E-state index in [9.17, 15) is 4.79 Å². The average molecular weight is 236 g/mol. The maximum absolute atomic E-state index is 11.6. The Balaban J connectivity index is 2.10. The number of aromatic nitrogens is 2. The summed E-state index contributed by atoms with van der Waals surface area (Å²) in [6.45, 7) is 1.82. The third-order valence-electron chi connectivity index (χ3n) is 2.20. The van der Waals surface area contributed by atoms with Gasteiger partial charge in [0.05, 0.1) is 0 Å². The fraction of sp³-hybridized carbons (Fsp3) is 0.300. The van der Waals surface area contributed by atoms with Crippen molar-refractivity contribution in [2.24, 2.45) is 0 Å². The number of carbonyl (C=O) groups excluding carboxylic acids is 1. The van der Waals surface area contributed by atoms with Gasteiger partial charge in [0.1, 0.15) is 11.3 Å². The first-order valence-corrected chi connectivity index (χ1v) is 5.38. The number of carbonyl (C=O) groups is 1. The minimum atomic E-state index is -0.314. The SMILES string of the molecule is Cc1ncc(CC2=CNC(S)NC2=O)cn1. The molecule has 1 aromatic rings. The monoisotopic (exact) mass is 236 g/mol. The van der Waals surface area contributed by atoms with Crippen LogP contribution in [0.5, 0.6) is 0 Å². The second-order valence-electron chi connectivity index (χ2n) is 3.53. The second-order valence-corrected chi connectivity index (χ2v) is 4.04. The summed E-state index contributed by atoms with van der Waals surface area (Å²) in [5.41, 5.74) is 1.25. The summed E-state index contributed by atoms with van der Waals surface area (Å²) in [4.78, 5) is 19.7. The van der Waals surface area contributed by atoms with Crippen molar-refractivity contribution in [1.82, 2.24) is 20.6 Å². The van der Waals surface area contributed by atoms with Crippen LogP contribution in [0.15, 0.2) is 24.2 Å². The molecule has 1 aliphatic heterocycles. The Labute approximate surface area is 98.8 Å². The lowest BCUT2D eigenvalue weighted by molar-refractivity contribution is -0.118. The van der Waals surface area contributed by atoms with Crippen molar-refractivity contribution in [2.45, 2.75) is 18.8 Å². The van der Waals surface area contributed by atoms with E-state index < -0.39 is 0 Å². The van der Waals surface area contributed by atoms with Crippen LogP contribution in [-0.4, -0.2) is 21.4 Å². The van der Waals surface area contributed by atoms with Crippen LogP contribution in [0.4, 0.5) is 0 Å². The van der Waals surface area contributed by atoms with Crippen molar-refractivity contribution >= 4 is 18.5 Å². The zero-order valence-electron chi connectivity index (χ0n) is 8.77. The number of rotatable bonds is 2. The topological polar surface area (TPSA) is 66.9 Å². The molecule has 2 heterocycles. The Morgan fingerprint density at radius 3 is 2.75 bits per heavy atom. The zero-order chi connectivity index (χ0) is 11.5. The Morgan fingerprint density at radius 2 is 2.12 bits per heavy atom. The van der Waals surface area contributed by atoms with Gasteiger partial charge in [-0.15, -0.1) is 12.6 Å². The molecule has 0 spiro atoms. The van der Waals surface area contributed by atoms with Crippen LogP contribution in [0.3, 0.4) is 0 Å². The van der Waals surface area contributed by atoms with Gasteiger partial charge in [0.15, 0.2) is 0 Å². The maximum Gasteiger partial charge on any atom is 0.251 e. The molecular formula is C10H12N4OS. The lowest BCUT2D eigenvalue weighted by Gasteiger charge is -2.20. The van der Waals surface area contributed by atoms with Crippen LogP contribution in [0.1, 0.15) is 11.4 Å². The minimum Gasteiger partial charge on any atom is -0.363 e. The number of amides is 1. The van der Waals surface area contributed by atoms with E-state index in [1.54, 1.807) is 18.6 Å². The average Bonchev–Trinajstić information content (AvgIpc) is 2.25. The summed E-state index contributed by atoms with van der Waals surface area (Å²) < 4.78 is 0. The molecule has 6 heteroatoms. The van der Waals surface area contributed by atoms with E-state index in [1.807, 2.05) is 6.92 Å². The highest BCUT2D eigenvalue weighted by molar-refractivity contribution is 7.80. The largest absolute Gasteiger partial charge is 0.363 e. The number of hydrogen-bond acceptors (Lipinski definition) is 5. The van der Waals surface area contributed by atoms with Gasteiger partial charge in [0.2, 0.25) is 0 Å². The Morgan fingerprint density at radius 1 is 1.44 bits per heavy atom. The fourth-order valence-electron chi connectivity index (χ4n) is 1.37. The van der Waals surface area contributed by atoms with Gasteiger partial charge in [0.25, 0.3) is 5.91 Å². The lowest BCUT2D eigenvalue weighted by atomic mass is 10.1. The van der Waals surface area contributed by atoms with Crippen LogP contribution in [-0.2, 0) is 11.2 Å². The molecule has 16 heavy (non-hydrogen) atoms. The van der Waals surface area contributed by atoms with E-state index >= 15 is 0 Å². The minimum absolute atomic E-state index is 0.112. The van der Waals surface area contributed by atoms with Gasteiger partial charge in [0, 0.05) is 30.6 Å². The Kier molecular flexibility index (Phi) is 3.09. The third-order valence-corrected chi connectivity index (χ3v) is 2.48. The number of aryl methyl sites for hydroxylation is 1. The number of thiol groups is 1. The molecule has 0 aliphatic carbocycles. The summed E-state index contributed by atoms with van der Waals surface area (Å²) in [5, 5.41) is 5.59. The molecule has 0 saturated carbocycles. The fourth-order valence-corrected chi connectivity index (χ4v) is 1.56. The Bertz CT molecular complexity index is 429. The van der Waals surface area contributed by atoms with Gasteiger partial charge in [-0.2, -0.15) is 0 Å². The summed E-state index contributed by atoms with van der Waals surface area (Å²) in [5.74, 6) is 0.610. The molecule has 1 amide bonds. The first-order valence-electron chi connectivity index (χ1n) is 4.87. The molecule has 0 bridgehead atoms. The van der Waals surface area contributed by atoms with Gasteiger partial charge in [-0.3, -0.25) is 4.79 Å². The molecule has 5 nitrogen and oxygen atoms in total. The number of nitrogens with zero attached hydrogens (tertiary/aromatic N) is 2. The molecule has 2 N–H and O–H groups in total. The summed E-state index contributed by atoms with van der Waals surface area (Å²) in [6.07, 6.45) is 5.64. The van der Waals surface area contributed by atoms with Crippen molar-refractivity contribution in [1.29, 1.82) is 0 Å². The van der Waals surface area contributed by atoms with Gasteiger partial charge in [-0.25, -0.2) is 9.97 Å². The summed E-state index contributed by atoms with van der Waals surface area (Å²) >= 11 is 4.09. The summed E-state index contributed by atoms with van der Waals surface area (Å²) in [7, 11) is 0. The van der Waals surface area contributed by atoms with Crippen LogP contribution in [0.25, 0.3) is 0 Å². The number of nitrogens with one attached hydrogen (secondary N) is 2. The molecule has 0 saturated heterocycles. The van der Waals surface area contributed by atoms with Gasteiger partial charge >= 0.3 is 0 Å². The molecule has 1 aliphatic rings. The van der Waals surface area contributed by atoms with E-state index in [0.717, 1.165) is 11.4 Å². The molecule has 0 fully saturated rings. The highest BCUT2D eigenvalue weighted by Gasteiger charge is 2.17. The molecule has 1 unspecified atom stereocenters. The van der Waals surface area contributed by atoms with Crippen LogP contribution in [0, 0.1) is 6.92 Å². The zero-order valence-corrected chi connectivity index (χ0v) is 9.66. The van der Waals surface area contributed by atoms with Gasteiger partial charge in [-0.1, -0.05) is 0 Å². The normalized spacial score (nSPS) is 19.8. The second kappa shape index (κ2) is 4.52. The quantitative estimate of drug-likeness (QED) is 0.639. The third kappa shape index (κ3) is 2.52. The van der Waals surface area contributed by atoms with Crippen molar-refractivity contribution in [3.05, 3.63) is 35.6 Å². The van der Waals surface area contributed by atoms with Gasteiger partial charge in [-0.05, 0) is 12.5 Å². The lowest BCUT2D eigenvalue weighted by Crippen LogP contribution is -2.44. The molecular weight excluding hydrogens is 224 g/mol. The maximum atomic E-state index is 11.6. The van der Waals surface area contributed by atoms with Crippen molar-refractivity contribution in [3.63, 3.8) is 0 Å². The standard InChI is InChI=1S/C10H12N4OS/c1-6-11-3-7(4-12-6)2-8-5-13-10(16)14-9(8)15/h3-5,10,13,16H,2H2,1H3,(H,14,15). The van der Waals surface area contributed by atoms with Crippen LogP contribution >= 0.6 is 12.6 Å². The molecule has 0 radical (unpaired) electrons. The molecule has 84 valence electrons. The smallest absolute Gasteiger partial charge is 0.251 e. The Hall–Kier alpha value is -1.56. The first kappa shape index (κ1) is 10.9. The van der Waals surface area contributed by atoms with E-state index in [2.05, 4.69) is 33.2 Å². The molecule has 2 rings (SSSR count). The van der Waals surface area contributed by atoms with Crippen molar-refractivity contribution < 1.29 is 4.79 Å². The van der Waals surface area contributed by atoms with Crippen LogP contribution < -0.4 is 10.6 Å². The summed E-state index contributed by atoms with van der Waals surface area (Å²) in [6, 6.07) is 0. The molecule has 1 aromatic heterocycles. The first-order chi connectivity index (χ1) is 7.65. The van der Waals surface area contributed by atoms with Gasteiger partial charge < -0.3 is 10.6 Å². The van der Waals surface area contributed by atoms with Crippen LogP contribution in [0.2, 0.25) is 0 Å². The predicted molar refractivity (Wildman–Crippen MR) is 62.6 cm³/mol. The van der Waals surface area contributed by atoms with E-state index in [0.29, 0.717) is 12.0 Å². The van der Waals surface area contributed by atoms with E-state index in [4.69, 9.17) is 0 Å². The predicted octanol–water partition coefficient (Wildman–Crippen LogP) is 0.144. The highest BCUT2D eigenvalue weighted by atomic mass is 32.1. The van der Waals surface area contributed by atoms with E-state index in [-0.39, 0.29) is 11.4 Å². The number of hydrogen-bond donors (Lipinski definition) is 3.